The number of hydrogen-bond donors (Lipinski definition) is 0. The van der Waals surface area contributed by atoms with E-state index in [1.165, 1.54) is 6.26 Å². The van der Waals surface area contributed by atoms with E-state index in [-0.39, 0.29) is 11.9 Å². The molecule has 2 unspecified atom stereocenters. The van der Waals surface area contributed by atoms with Crippen molar-refractivity contribution in [3.05, 3.63) is 34.3 Å². The van der Waals surface area contributed by atoms with Gasteiger partial charge in [0, 0.05) is 29.9 Å². The van der Waals surface area contributed by atoms with Crippen LogP contribution in [-0.4, -0.2) is 43.8 Å². The van der Waals surface area contributed by atoms with Crippen LogP contribution in [0.4, 0.5) is 0 Å². The van der Waals surface area contributed by atoms with Gasteiger partial charge in [0.2, 0.25) is 0 Å². The summed E-state index contributed by atoms with van der Waals surface area (Å²) in [6.07, 6.45) is 4.45. The first-order chi connectivity index (χ1) is 10.2. The van der Waals surface area contributed by atoms with E-state index < -0.39 is 15.1 Å². The van der Waals surface area contributed by atoms with Crippen LogP contribution in [0.1, 0.15) is 41.6 Å². The number of rotatable bonds is 3. The Balaban J connectivity index is 2.31. The van der Waals surface area contributed by atoms with Crippen LogP contribution in [0.25, 0.3) is 0 Å². The Morgan fingerprint density at radius 3 is 2.55 bits per heavy atom. The van der Waals surface area contributed by atoms with Crippen molar-refractivity contribution in [1.82, 2.24) is 4.90 Å². The molecule has 1 amide bonds. The van der Waals surface area contributed by atoms with E-state index in [4.69, 9.17) is 11.6 Å². The summed E-state index contributed by atoms with van der Waals surface area (Å²) in [5.74, 6) is -0.166. The molecule has 0 bridgehead atoms. The summed E-state index contributed by atoms with van der Waals surface area (Å²) >= 11 is 6.08. The molecule has 0 radical (unpaired) electrons. The second kappa shape index (κ2) is 6.59. The quantitative estimate of drug-likeness (QED) is 0.847. The van der Waals surface area contributed by atoms with Crippen LogP contribution in [0.5, 0.6) is 0 Å². The molecule has 1 aliphatic rings. The third-order valence-electron chi connectivity index (χ3n) is 4.53. The molecule has 2 rings (SSSR count). The smallest absolute Gasteiger partial charge is 0.254 e. The molecule has 0 aliphatic heterocycles. The first-order valence-electron chi connectivity index (χ1n) is 7.44. The van der Waals surface area contributed by atoms with E-state index in [2.05, 4.69) is 0 Å². The van der Waals surface area contributed by atoms with Gasteiger partial charge < -0.3 is 4.90 Å². The second-order valence-electron chi connectivity index (χ2n) is 6.05. The van der Waals surface area contributed by atoms with Gasteiger partial charge in [-0.15, -0.1) is 0 Å². The number of amides is 1. The van der Waals surface area contributed by atoms with Crippen molar-refractivity contribution >= 4 is 27.3 Å². The largest absolute Gasteiger partial charge is 0.337 e. The van der Waals surface area contributed by atoms with Gasteiger partial charge in [-0.25, -0.2) is 8.42 Å². The maximum absolute atomic E-state index is 12.8. The number of sulfone groups is 1. The average molecular weight is 344 g/mol. The highest BCUT2D eigenvalue weighted by Gasteiger charge is 2.37. The standard InChI is InChI=1S/C16H22ClNO3S/c1-11-12(7-6-8-13(11)17)16(19)18(2)14-9-4-5-10-15(14)22(3,20)21/h6-8,14-15H,4-5,9-10H2,1-3H3. The molecule has 1 aliphatic carbocycles. The summed E-state index contributed by atoms with van der Waals surface area (Å²) in [5, 5.41) is 0.0669. The Morgan fingerprint density at radius 2 is 1.91 bits per heavy atom. The summed E-state index contributed by atoms with van der Waals surface area (Å²) < 4.78 is 24.0. The Bertz CT molecular complexity index is 672. The van der Waals surface area contributed by atoms with Crippen molar-refractivity contribution in [2.75, 3.05) is 13.3 Å². The van der Waals surface area contributed by atoms with Crippen molar-refractivity contribution in [1.29, 1.82) is 0 Å². The third-order valence-corrected chi connectivity index (χ3v) is 6.59. The number of carbonyl (C=O) groups is 1. The lowest BCUT2D eigenvalue weighted by Crippen LogP contribution is -2.49. The van der Waals surface area contributed by atoms with Crippen LogP contribution in [0.2, 0.25) is 5.02 Å². The molecule has 0 N–H and O–H groups in total. The lowest BCUT2D eigenvalue weighted by atomic mass is 9.93. The van der Waals surface area contributed by atoms with Crippen LogP contribution in [-0.2, 0) is 9.84 Å². The van der Waals surface area contributed by atoms with Crippen LogP contribution < -0.4 is 0 Å². The van der Waals surface area contributed by atoms with Gasteiger partial charge in [-0.3, -0.25) is 4.79 Å². The Kier molecular flexibility index (Phi) is 5.17. The molecule has 0 heterocycles. The van der Waals surface area contributed by atoms with E-state index in [0.29, 0.717) is 17.0 Å². The van der Waals surface area contributed by atoms with Gasteiger partial charge in [0.15, 0.2) is 9.84 Å². The van der Waals surface area contributed by atoms with E-state index in [1.54, 1.807) is 37.1 Å². The second-order valence-corrected chi connectivity index (χ2v) is 8.72. The third kappa shape index (κ3) is 3.46. The molecule has 0 spiro atoms. The first kappa shape index (κ1) is 17.3. The molecule has 1 aromatic rings. The molecule has 0 aromatic heterocycles. The molecule has 2 atom stereocenters. The maximum Gasteiger partial charge on any atom is 0.254 e. The molecule has 0 saturated heterocycles. The molecule has 22 heavy (non-hydrogen) atoms. The topological polar surface area (TPSA) is 54.5 Å². The number of nitrogens with zero attached hydrogens (tertiary/aromatic N) is 1. The van der Waals surface area contributed by atoms with Gasteiger partial charge >= 0.3 is 0 Å². The zero-order valence-electron chi connectivity index (χ0n) is 13.2. The van der Waals surface area contributed by atoms with Crippen molar-refractivity contribution in [3.8, 4) is 0 Å². The van der Waals surface area contributed by atoms with Crippen LogP contribution in [0.3, 0.4) is 0 Å². The van der Waals surface area contributed by atoms with Gasteiger partial charge in [-0.05, 0) is 37.5 Å². The predicted molar refractivity (Wildman–Crippen MR) is 89.2 cm³/mol. The number of halogens is 1. The van der Waals surface area contributed by atoms with E-state index in [0.717, 1.165) is 24.8 Å². The molecule has 1 aromatic carbocycles. The van der Waals surface area contributed by atoms with Crippen LogP contribution in [0.15, 0.2) is 18.2 Å². The normalized spacial score (nSPS) is 22.4. The summed E-state index contributed by atoms with van der Waals surface area (Å²) in [5.41, 5.74) is 1.26. The minimum absolute atomic E-state index is 0.166. The Hall–Kier alpha value is -1.07. The van der Waals surface area contributed by atoms with Gasteiger partial charge in [0.1, 0.15) is 0 Å². The molecule has 6 heteroatoms. The fraction of sp³-hybridized carbons (Fsp3) is 0.562. The summed E-state index contributed by atoms with van der Waals surface area (Å²) in [4.78, 5) is 14.3. The number of hydrogen-bond acceptors (Lipinski definition) is 3. The van der Waals surface area contributed by atoms with Gasteiger partial charge in [-0.2, -0.15) is 0 Å². The van der Waals surface area contributed by atoms with Crippen molar-refractivity contribution < 1.29 is 13.2 Å². The summed E-state index contributed by atoms with van der Waals surface area (Å²) in [6, 6.07) is 4.95. The monoisotopic (exact) mass is 343 g/mol. The molecule has 122 valence electrons. The highest BCUT2D eigenvalue weighted by molar-refractivity contribution is 7.91. The highest BCUT2D eigenvalue weighted by atomic mass is 35.5. The van der Waals surface area contributed by atoms with Gasteiger partial charge in [-0.1, -0.05) is 30.5 Å². The zero-order chi connectivity index (χ0) is 16.5. The van der Waals surface area contributed by atoms with Crippen molar-refractivity contribution in [2.45, 2.75) is 43.9 Å². The maximum atomic E-state index is 12.8. The van der Waals surface area contributed by atoms with Crippen molar-refractivity contribution in [3.63, 3.8) is 0 Å². The zero-order valence-corrected chi connectivity index (χ0v) is 14.7. The van der Waals surface area contributed by atoms with Crippen molar-refractivity contribution in [2.24, 2.45) is 0 Å². The van der Waals surface area contributed by atoms with Gasteiger partial charge in [0.25, 0.3) is 5.91 Å². The fourth-order valence-electron chi connectivity index (χ4n) is 3.20. The number of carbonyl (C=O) groups excluding carboxylic acids is 1. The summed E-state index contributed by atoms with van der Waals surface area (Å²) in [7, 11) is -1.48. The molecular formula is C16H22ClNO3S. The summed E-state index contributed by atoms with van der Waals surface area (Å²) in [6.45, 7) is 1.80. The lowest BCUT2D eigenvalue weighted by molar-refractivity contribution is 0.0699. The first-order valence-corrected chi connectivity index (χ1v) is 9.78. The molecule has 1 fully saturated rings. The van der Waals surface area contributed by atoms with Gasteiger partial charge in [0.05, 0.1) is 5.25 Å². The number of benzene rings is 1. The predicted octanol–water partition coefficient (Wildman–Crippen LogP) is 3.08. The molecule has 1 saturated carbocycles. The minimum atomic E-state index is -3.17. The van der Waals surface area contributed by atoms with Crippen LogP contribution >= 0.6 is 11.6 Å². The Morgan fingerprint density at radius 1 is 1.27 bits per heavy atom. The molecule has 4 nitrogen and oxygen atoms in total. The fourth-order valence-corrected chi connectivity index (χ4v) is 4.86. The Labute approximate surface area is 137 Å². The van der Waals surface area contributed by atoms with E-state index in [1.807, 2.05) is 0 Å². The van der Waals surface area contributed by atoms with E-state index in [9.17, 15) is 13.2 Å². The minimum Gasteiger partial charge on any atom is -0.337 e. The van der Waals surface area contributed by atoms with Crippen LogP contribution in [0, 0.1) is 6.92 Å². The van der Waals surface area contributed by atoms with E-state index >= 15 is 0 Å². The SMILES string of the molecule is Cc1c(Cl)cccc1C(=O)N(C)C1CCCCC1S(C)(=O)=O. The highest BCUT2D eigenvalue weighted by Crippen LogP contribution is 2.29. The lowest BCUT2D eigenvalue weighted by Gasteiger charge is -2.37. The average Bonchev–Trinajstić information content (AvgIpc) is 2.48. The molecular weight excluding hydrogens is 322 g/mol.